The second-order valence-corrected chi connectivity index (χ2v) is 8.66. The van der Waals surface area contributed by atoms with Crippen LogP contribution in [0.1, 0.15) is 45.9 Å². The average molecular weight is 402 g/mol. The molecule has 0 saturated carbocycles. The second-order valence-electron chi connectivity index (χ2n) is 8.66. The van der Waals surface area contributed by atoms with Crippen molar-refractivity contribution >= 4 is 27.3 Å². The highest BCUT2D eigenvalue weighted by Gasteiger charge is 2.41. The Bertz CT molecular complexity index is 1420. The molecule has 0 spiro atoms. The molecule has 0 aromatic heterocycles. The van der Waals surface area contributed by atoms with Crippen molar-refractivity contribution in [2.24, 2.45) is 0 Å². The molecule has 0 N–H and O–H groups in total. The van der Waals surface area contributed by atoms with Crippen molar-refractivity contribution in [3.8, 4) is 11.8 Å². The van der Waals surface area contributed by atoms with Crippen molar-refractivity contribution in [1.29, 1.82) is 0 Å². The van der Waals surface area contributed by atoms with Gasteiger partial charge in [-0.25, -0.2) is 0 Å². The van der Waals surface area contributed by atoms with Gasteiger partial charge in [-0.2, -0.15) is 0 Å². The lowest BCUT2D eigenvalue weighted by molar-refractivity contribution is 0.0841. The van der Waals surface area contributed by atoms with Crippen LogP contribution in [0.4, 0.5) is 0 Å². The summed E-state index contributed by atoms with van der Waals surface area (Å²) >= 11 is 0. The minimum Gasteiger partial charge on any atom is -0.292 e. The van der Waals surface area contributed by atoms with E-state index in [0.29, 0.717) is 0 Å². The minimum absolute atomic E-state index is 0.101. The van der Waals surface area contributed by atoms with E-state index in [0.717, 1.165) is 57.6 Å². The minimum atomic E-state index is -0.233. The normalized spacial score (nSPS) is 20.4. The monoisotopic (exact) mass is 401 g/mol. The van der Waals surface area contributed by atoms with Crippen LogP contribution in [0.25, 0.3) is 21.5 Å². The van der Waals surface area contributed by atoms with Gasteiger partial charge in [0, 0.05) is 17.7 Å². The van der Waals surface area contributed by atoms with Gasteiger partial charge < -0.3 is 0 Å². The predicted octanol–water partition coefficient (Wildman–Crippen LogP) is 6.05. The van der Waals surface area contributed by atoms with E-state index >= 15 is 0 Å². The Morgan fingerprint density at radius 2 is 1.74 bits per heavy atom. The Hall–Kier alpha value is -3.41. The number of likely N-dealkylation sites (tertiary alicyclic amines) is 1. The lowest BCUT2D eigenvalue weighted by Gasteiger charge is -2.27. The average Bonchev–Trinajstić information content (AvgIpc) is 3.36. The molecular formula is C29H23NO. The maximum absolute atomic E-state index is 13.9. The number of rotatable bonds is 1. The van der Waals surface area contributed by atoms with Gasteiger partial charge in [0.1, 0.15) is 6.04 Å². The van der Waals surface area contributed by atoms with Crippen LogP contribution in [0, 0.1) is 18.8 Å². The third kappa shape index (κ3) is 2.81. The van der Waals surface area contributed by atoms with Gasteiger partial charge in [0.15, 0.2) is 5.78 Å². The number of nitrogens with zero attached hydrogens (tertiary/aromatic N) is 1. The molecule has 2 atom stereocenters. The van der Waals surface area contributed by atoms with Gasteiger partial charge in [0.2, 0.25) is 0 Å². The summed E-state index contributed by atoms with van der Waals surface area (Å²) in [5, 5.41) is 4.49. The van der Waals surface area contributed by atoms with Crippen molar-refractivity contribution in [2.75, 3.05) is 6.54 Å². The molecule has 1 fully saturated rings. The number of hydrogen-bond acceptors (Lipinski definition) is 2. The molecule has 4 aromatic rings. The van der Waals surface area contributed by atoms with Gasteiger partial charge in [-0.15, -0.1) is 0 Å². The van der Waals surface area contributed by atoms with Crippen LogP contribution in [0.2, 0.25) is 0 Å². The molecule has 150 valence electrons. The van der Waals surface area contributed by atoms with Crippen molar-refractivity contribution in [1.82, 2.24) is 4.90 Å². The molecule has 4 aromatic carbocycles. The van der Waals surface area contributed by atoms with Gasteiger partial charge >= 0.3 is 0 Å². The number of aryl methyl sites for hydroxylation is 1. The van der Waals surface area contributed by atoms with E-state index in [1.165, 1.54) is 5.56 Å². The zero-order chi connectivity index (χ0) is 20.9. The standard InChI is InChI=1S/C29H23NO/c1-19-8-2-3-9-20(19)15-16-23-12-7-17-30(23)28-25-14-6-11-22-18-21-10-4-5-13-24(21)27(26(22)25)29(28)31/h2-6,8-11,13-14,18,23,28H,7,12,17H2,1H3. The van der Waals surface area contributed by atoms with Crippen LogP contribution < -0.4 is 0 Å². The molecule has 0 radical (unpaired) electrons. The third-order valence-electron chi connectivity index (χ3n) is 6.85. The van der Waals surface area contributed by atoms with Gasteiger partial charge in [0.25, 0.3) is 0 Å². The number of fused-ring (bicyclic) bond motifs is 2. The van der Waals surface area contributed by atoms with Crippen LogP contribution in [0.5, 0.6) is 0 Å². The number of carbonyl (C=O) groups is 1. The van der Waals surface area contributed by atoms with Crippen molar-refractivity contribution in [2.45, 2.75) is 31.8 Å². The summed E-state index contributed by atoms with van der Waals surface area (Å²) in [6.45, 7) is 3.01. The summed E-state index contributed by atoms with van der Waals surface area (Å²) < 4.78 is 0. The number of carbonyl (C=O) groups excluding carboxylic acids is 1. The Balaban J connectivity index is 1.46. The van der Waals surface area contributed by atoms with E-state index in [2.05, 4.69) is 72.2 Å². The highest BCUT2D eigenvalue weighted by molar-refractivity contribution is 6.25. The van der Waals surface area contributed by atoms with Gasteiger partial charge in [-0.05, 0) is 64.6 Å². The molecule has 0 amide bonds. The maximum atomic E-state index is 13.9. The van der Waals surface area contributed by atoms with Crippen LogP contribution in [-0.2, 0) is 0 Å². The third-order valence-corrected chi connectivity index (χ3v) is 6.85. The van der Waals surface area contributed by atoms with E-state index in [1.807, 2.05) is 24.3 Å². The van der Waals surface area contributed by atoms with E-state index in [9.17, 15) is 4.79 Å². The summed E-state index contributed by atoms with van der Waals surface area (Å²) in [5.41, 5.74) is 4.31. The first kappa shape index (κ1) is 18.4. The van der Waals surface area contributed by atoms with Crippen LogP contribution >= 0.6 is 0 Å². The van der Waals surface area contributed by atoms with Gasteiger partial charge in [-0.3, -0.25) is 9.69 Å². The summed E-state index contributed by atoms with van der Waals surface area (Å²) in [6, 6.07) is 24.9. The maximum Gasteiger partial charge on any atom is 0.185 e. The zero-order valence-electron chi connectivity index (χ0n) is 17.6. The smallest absolute Gasteiger partial charge is 0.185 e. The molecule has 2 nitrogen and oxygen atoms in total. The van der Waals surface area contributed by atoms with Crippen molar-refractivity contribution < 1.29 is 4.79 Å². The summed E-state index contributed by atoms with van der Waals surface area (Å²) in [4.78, 5) is 16.2. The fourth-order valence-corrected chi connectivity index (χ4v) is 5.37. The van der Waals surface area contributed by atoms with Crippen LogP contribution in [0.15, 0.2) is 72.8 Å². The molecule has 1 aliphatic heterocycles. The van der Waals surface area contributed by atoms with Gasteiger partial charge in [0.05, 0.1) is 6.04 Å². The highest BCUT2D eigenvalue weighted by atomic mass is 16.1. The lowest BCUT2D eigenvalue weighted by atomic mass is 9.98. The van der Waals surface area contributed by atoms with Crippen LogP contribution in [0.3, 0.4) is 0 Å². The molecular weight excluding hydrogens is 378 g/mol. The first-order valence-electron chi connectivity index (χ1n) is 11.0. The summed E-state index contributed by atoms with van der Waals surface area (Å²) in [7, 11) is 0. The van der Waals surface area contributed by atoms with Crippen molar-refractivity contribution in [3.05, 3.63) is 95.1 Å². The van der Waals surface area contributed by atoms with Gasteiger partial charge in [-0.1, -0.05) is 72.5 Å². The largest absolute Gasteiger partial charge is 0.292 e. The summed E-state index contributed by atoms with van der Waals surface area (Å²) in [5.74, 6) is 7.13. The van der Waals surface area contributed by atoms with E-state index < -0.39 is 0 Å². The molecule has 2 heteroatoms. The van der Waals surface area contributed by atoms with Crippen LogP contribution in [-0.4, -0.2) is 23.3 Å². The second kappa shape index (κ2) is 7.08. The molecule has 6 rings (SSSR count). The topological polar surface area (TPSA) is 20.3 Å². The number of Topliss-reactive ketones (excluding diaryl/α,β-unsaturated/α-hetero) is 1. The Morgan fingerprint density at radius 3 is 2.65 bits per heavy atom. The summed E-state index contributed by atoms with van der Waals surface area (Å²) in [6.07, 6.45) is 2.08. The number of benzene rings is 4. The van der Waals surface area contributed by atoms with E-state index in [1.54, 1.807) is 0 Å². The molecule has 1 saturated heterocycles. The fraction of sp³-hybridized carbons (Fsp3) is 0.207. The first-order chi connectivity index (χ1) is 15.2. The molecule has 0 bridgehead atoms. The number of ketones is 1. The molecule has 2 aliphatic rings. The molecule has 1 aliphatic carbocycles. The SMILES string of the molecule is Cc1ccccc1C#CC1CCCN1C1C(=O)c2c3ccccc3cc3cccc1c23. The molecule has 31 heavy (non-hydrogen) atoms. The lowest BCUT2D eigenvalue weighted by Crippen LogP contribution is -2.35. The zero-order valence-corrected chi connectivity index (χ0v) is 17.6. The Labute approximate surface area is 182 Å². The quantitative estimate of drug-likeness (QED) is 0.286. The molecule has 1 heterocycles. The Morgan fingerprint density at radius 1 is 0.935 bits per heavy atom. The predicted molar refractivity (Wildman–Crippen MR) is 126 cm³/mol. The Kier molecular flexibility index (Phi) is 4.19. The van der Waals surface area contributed by atoms with Crippen molar-refractivity contribution in [3.63, 3.8) is 0 Å². The van der Waals surface area contributed by atoms with E-state index in [4.69, 9.17) is 0 Å². The number of hydrogen-bond donors (Lipinski definition) is 0. The van der Waals surface area contributed by atoms with E-state index in [-0.39, 0.29) is 17.9 Å². The highest BCUT2D eigenvalue weighted by Crippen LogP contribution is 2.45. The first-order valence-corrected chi connectivity index (χ1v) is 11.0. The fourth-order valence-electron chi connectivity index (χ4n) is 5.37. The molecule has 2 unspecified atom stereocenters.